The maximum atomic E-state index is 11.7. The molecule has 0 radical (unpaired) electrons. The minimum Gasteiger partial charge on any atom is -0.472 e. The fourth-order valence-electron chi connectivity index (χ4n) is 2.46. The van der Waals surface area contributed by atoms with E-state index in [1.165, 1.54) is 12.4 Å². The lowest BCUT2D eigenvalue weighted by Crippen LogP contribution is -2.46. The summed E-state index contributed by atoms with van der Waals surface area (Å²) in [6, 6.07) is 2.14. The van der Waals surface area contributed by atoms with Crippen molar-refractivity contribution < 1.29 is 9.53 Å². The molecule has 0 aromatic carbocycles. The van der Waals surface area contributed by atoms with Gasteiger partial charge in [-0.05, 0) is 39.5 Å². The lowest BCUT2D eigenvalue weighted by Gasteiger charge is -2.29. The molecular weight excluding hydrogens is 282 g/mol. The highest BCUT2D eigenvalue weighted by Gasteiger charge is 2.24. The van der Waals surface area contributed by atoms with Gasteiger partial charge in [-0.15, -0.1) is 0 Å². The lowest BCUT2D eigenvalue weighted by molar-refractivity contribution is 0.133. The van der Waals surface area contributed by atoms with Gasteiger partial charge in [0.05, 0.1) is 0 Å². The van der Waals surface area contributed by atoms with Gasteiger partial charge in [0.2, 0.25) is 5.69 Å². The van der Waals surface area contributed by atoms with E-state index in [4.69, 9.17) is 10.00 Å². The summed E-state index contributed by atoms with van der Waals surface area (Å²) < 4.78 is 5.77. The van der Waals surface area contributed by atoms with E-state index in [9.17, 15) is 4.79 Å². The molecule has 0 bridgehead atoms. The lowest BCUT2D eigenvalue weighted by atomic mass is 9.93. The Hall–Kier alpha value is -2.36. The molecule has 1 aromatic heterocycles. The number of urea groups is 1. The van der Waals surface area contributed by atoms with E-state index in [0.717, 1.165) is 25.7 Å². The molecule has 1 aliphatic rings. The Morgan fingerprint density at radius 1 is 1.32 bits per heavy atom. The Bertz CT molecular complexity index is 547. The molecule has 0 saturated heterocycles. The van der Waals surface area contributed by atoms with E-state index < -0.39 is 0 Å². The maximum absolute atomic E-state index is 11.7. The normalized spacial score (nSPS) is 21.0. The number of carbonyl (C=O) groups is 1. The molecule has 22 heavy (non-hydrogen) atoms. The van der Waals surface area contributed by atoms with Crippen molar-refractivity contribution in [2.45, 2.75) is 57.7 Å². The first-order chi connectivity index (χ1) is 10.6. The fourth-order valence-corrected chi connectivity index (χ4v) is 2.46. The zero-order chi connectivity index (χ0) is 15.9. The maximum Gasteiger partial charge on any atom is 0.315 e. The van der Waals surface area contributed by atoms with Gasteiger partial charge < -0.3 is 15.4 Å². The van der Waals surface area contributed by atoms with Crippen LogP contribution < -0.4 is 15.4 Å². The Morgan fingerprint density at radius 2 is 2.00 bits per heavy atom. The molecule has 1 heterocycles. The van der Waals surface area contributed by atoms with Crippen LogP contribution in [0.5, 0.6) is 5.88 Å². The van der Waals surface area contributed by atoms with Gasteiger partial charge in [-0.2, -0.15) is 5.26 Å². The number of carbonyl (C=O) groups excluding carboxylic acids is 1. The number of ether oxygens (including phenoxy) is 1. The van der Waals surface area contributed by atoms with Crippen LogP contribution in [0.25, 0.3) is 0 Å². The summed E-state index contributed by atoms with van der Waals surface area (Å²) in [4.78, 5) is 19.7. The third-order valence-electron chi connectivity index (χ3n) is 3.48. The summed E-state index contributed by atoms with van der Waals surface area (Å²) in [7, 11) is 0. The summed E-state index contributed by atoms with van der Waals surface area (Å²) in [6.07, 6.45) is 6.31. The topological polar surface area (TPSA) is 99.9 Å². The largest absolute Gasteiger partial charge is 0.472 e. The molecule has 118 valence electrons. The average Bonchev–Trinajstić information content (AvgIpc) is 2.49. The van der Waals surface area contributed by atoms with Crippen molar-refractivity contribution in [3.8, 4) is 11.9 Å². The second-order valence-corrected chi connectivity index (χ2v) is 5.69. The van der Waals surface area contributed by atoms with Crippen molar-refractivity contribution in [1.82, 2.24) is 20.6 Å². The number of hydrogen-bond acceptors (Lipinski definition) is 5. The third-order valence-corrected chi connectivity index (χ3v) is 3.48. The molecule has 0 aliphatic heterocycles. The van der Waals surface area contributed by atoms with Crippen LogP contribution in [0.2, 0.25) is 0 Å². The molecule has 1 aliphatic carbocycles. The summed E-state index contributed by atoms with van der Waals surface area (Å²) in [5, 5.41) is 14.8. The molecule has 7 heteroatoms. The monoisotopic (exact) mass is 303 g/mol. The predicted octanol–water partition coefficient (Wildman–Crippen LogP) is 1.75. The molecule has 7 nitrogen and oxygen atoms in total. The van der Waals surface area contributed by atoms with Gasteiger partial charge in [0, 0.05) is 24.5 Å². The van der Waals surface area contributed by atoms with Gasteiger partial charge in [0.1, 0.15) is 12.2 Å². The van der Waals surface area contributed by atoms with Crippen molar-refractivity contribution in [3.63, 3.8) is 0 Å². The molecule has 0 unspecified atom stereocenters. The van der Waals surface area contributed by atoms with Crippen LogP contribution in [0.1, 0.15) is 45.2 Å². The number of nitrogens with zero attached hydrogens (tertiary/aromatic N) is 3. The second-order valence-electron chi connectivity index (χ2n) is 5.69. The van der Waals surface area contributed by atoms with Crippen molar-refractivity contribution in [2.24, 2.45) is 0 Å². The highest BCUT2D eigenvalue weighted by atomic mass is 16.5. The second kappa shape index (κ2) is 7.59. The van der Waals surface area contributed by atoms with Gasteiger partial charge in [0.15, 0.2) is 0 Å². The average molecular weight is 303 g/mol. The van der Waals surface area contributed by atoms with E-state index >= 15 is 0 Å². The summed E-state index contributed by atoms with van der Waals surface area (Å²) >= 11 is 0. The van der Waals surface area contributed by atoms with Gasteiger partial charge in [-0.25, -0.2) is 14.8 Å². The van der Waals surface area contributed by atoms with E-state index in [2.05, 4.69) is 20.6 Å². The van der Waals surface area contributed by atoms with E-state index in [0.29, 0.717) is 5.88 Å². The highest BCUT2D eigenvalue weighted by Crippen LogP contribution is 2.23. The molecule has 1 fully saturated rings. The van der Waals surface area contributed by atoms with Gasteiger partial charge in [-0.3, -0.25) is 0 Å². The first-order valence-electron chi connectivity index (χ1n) is 7.53. The van der Waals surface area contributed by atoms with Crippen LogP contribution in [-0.2, 0) is 0 Å². The first kappa shape index (κ1) is 16.0. The highest BCUT2D eigenvalue weighted by molar-refractivity contribution is 5.74. The van der Waals surface area contributed by atoms with Crippen molar-refractivity contribution in [2.75, 3.05) is 0 Å². The van der Waals surface area contributed by atoms with Gasteiger partial charge in [-0.1, -0.05) is 0 Å². The zero-order valence-electron chi connectivity index (χ0n) is 12.9. The Labute approximate surface area is 130 Å². The summed E-state index contributed by atoms with van der Waals surface area (Å²) in [5.41, 5.74) is 0.207. The van der Waals surface area contributed by atoms with Crippen LogP contribution in [0, 0.1) is 11.3 Å². The van der Waals surface area contributed by atoms with E-state index in [-0.39, 0.29) is 29.9 Å². The number of nitriles is 1. The number of rotatable bonds is 4. The van der Waals surface area contributed by atoms with Crippen LogP contribution in [0.3, 0.4) is 0 Å². The molecule has 1 aromatic rings. The molecular formula is C15H21N5O2. The quantitative estimate of drug-likeness (QED) is 0.882. The molecule has 1 saturated carbocycles. The number of amides is 2. The predicted molar refractivity (Wildman–Crippen MR) is 80.2 cm³/mol. The van der Waals surface area contributed by atoms with Crippen LogP contribution >= 0.6 is 0 Å². The summed E-state index contributed by atoms with van der Waals surface area (Å²) in [5.74, 6) is 0.291. The van der Waals surface area contributed by atoms with Crippen LogP contribution in [0.4, 0.5) is 4.79 Å². The molecule has 0 atom stereocenters. The Morgan fingerprint density at radius 3 is 2.64 bits per heavy atom. The van der Waals surface area contributed by atoms with Crippen molar-refractivity contribution >= 4 is 6.03 Å². The zero-order valence-corrected chi connectivity index (χ0v) is 12.9. The Balaban J connectivity index is 1.80. The molecule has 0 spiro atoms. The van der Waals surface area contributed by atoms with Crippen LogP contribution in [-0.4, -0.2) is 34.2 Å². The van der Waals surface area contributed by atoms with Crippen LogP contribution in [0.15, 0.2) is 12.4 Å². The van der Waals surface area contributed by atoms with E-state index in [1.807, 2.05) is 19.9 Å². The minimum atomic E-state index is -0.125. The first-order valence-corrected chi connectivity index (χ1v) is 7.53. The number of hydrogen-bond donors (Lipinski definition) is 2. The number of nitrogens with one attached hydrogen (secondary N) is 2. The SMILES string of the molecule is CC(C)NC(=O)NC1CCC(Oc2nccnc2C#N)CC1. The molecule has 2 rings (SSSR count). The van der Waals surface area contributed by atoms with Gasteiger partial charge in [0.25, 0.3) is 5.88 Å². The third kappa shape index (κ3) is 4.58. The number of aromatic nitrogens is 2. The van der Waals surface area contributed by atoms with Crippen molar-refractivity contribution in [1.29, 1.82) is 5.26 Å². The van der Waals surface area contributed by atoms with Gasteiger partial charge >= 0.3 is 6.03 Å². The standard InChI is InChI=1S/C15H21N5O2/c1-10(2)19-15(21)20-11-3-5-12(6-4-11)22-14-13(9-16)17-7-8-18-14/h7-8,10-12H,3-6H2,1-2H3,(H2,19,20,21). The molecule has 2 amide bonds. The Kier molecular flexibility index (Phi) is 5.53. The summed E-state index contributed by atoms with van der Waals surface area (Å²) in [6.45, 7) is 3.86. The fraction of sp³-hybridized carbons (Fsp3) is 0.600. The smallest absolute Gasteiger partial charge is 0.315 e. The van der Waals surface area contributed by atoms with Crippen molar-refractivity contribution in [3.05, 3.63) is 18.1 Å². The minimum absolute atomic E-state index is 0.00927. The molecule has 2 N–H and O–H groups in total. The van der Waals surface area contributed by atoms with E-state index in [1.54, 1.807) is 0 Å².